The minimum atomic E-state index is -3.80. The van der Waals surface area contributed by atoms with E-state index in [0.29, 0.717) is 16.3 Å². The number of hydrogen-bond donors (Lipinski definition) is 1. The van der Waals surface area contributed by atoms with Crippen molar-refractivity contribution >= 4 is 21.5 Å². The lowest BCUT2D eigenvalue weighted by Gasteiger charge is -2.32. The van der Waals surface area contributed by atoms with Crippen molar-refractivity contribution in [2.45, 2.75) is 81.8 Å². The van der Waals surface area contributed by atoms with Crippen LogP contribution in [-0.2, 0) is 28.2 Å². The smallest absolute Gasteiger partial charge is 0.275 e. The van der Waals surface area contributed by atoms with Gasteiger partial charge in [-0.1, -0.05) is 43.5 Å². The molecule has 6 heteroatoms. The van der Waals surface area contributed by atoms with Gasteiger partial charge in [-0.2, -0.15) is 8.78 Å². The van der Waals surface area contributed by atoms with E-state index in [4.69, 9.17) is 11.6 Å². The maximum absolute atomic E-state index is 14.0. The molecule has 0 radical (unpaired) electrons. The first kappa shape index (κ1) is 24.3. The fourth-order valence-electron chi connectivity index (χ4n) is 5.37. The number of rotatable bonds is 7. The van der Waals surface area contributed by atoms with Gasteiger partial charge < -0.3 is 0 Å². The Morgan fingerprint density at radius 3 is 2.45 bits per heavy atom. The van der Waals surface area contributed by atoms with E-state index in [1.807, 2.05) is 6.07 Å². The summed E-state index contributed by atoms with van der Waals surface area (Å²) in [5.74, 6) is -3.25. The van der Waals surface area contributed by atoms with Crippen LogP contribution in [-0.4, -0.2) is 15.7 Å². The van der Waals surface area contributed by atoms with Gasteiger partial charge in [-0.3, -0.25) is 4.21 Å². The molecule has 0 aromatic heterocycles. The Labute approximate surface area is 189 Å². The Morgan fingerprint density at radius 2 is 1.90 bits per heavy atom. The van der Waals surface area contributed by atoms with Crippen molar-refractivity contribution in [3.8, 4) is 0 Å². The molecule has 0 bridgehead atoms. The summed E-state index contributed by atoms with van der Waals surface area (Å²) in [5.41, 5.74) is 3.53. The van der Waals surface area contributed by atoms with Gasteiger partial charge in [-0.05, 0) is 102 Å². The van der Waals surface area contributed by atoms with Crippen molar-refractivity contribution in [2.24, 2.45) is 0 Å². The fourth-order valence-corrected chi connectivity index (χ4v) is 7.42. The van der Waals surface area contributed by atoms with E-state index in [9.17, 15) is 17.4 Å². The summed E-state index contributed by atoms with van der Waals surface area (Å²) < 4.78 is 55.4. The number of hydrogen-bond acceptors (Lipinski definition) is 1. The Morgan fingerprint density at radius 1 is 1.23 bits per heavy atom. The number of allylic oxidation sites excluding steroid dienone is 6. The minimum absolute atomic E-state index is 0.0433. The Kier molecular flexibility index (Phi) is 7.58. The summed E-state index contributed by atoms with van der Waals surface area (Å²) in [6, 6.07) is 3.50. The third-order valence-corrected chi connectivity index (χ3v) is 9.77. The predicted octanol–water partition coefficient (Wildman–Crippen LogP) is 7.55. The standard InChI is InChI=1S/C25H32ClF3OS/c1-4-20(27)16-18(14-17(3)26)15-19-8-9-22(31(30,5-2)24(28)29)23-21(19)10-13-25(23)11-6-7-12-25/h4,8-9,14,16,24,31H,5-7,10-13,15H2,1-3H3/b17-14+,18-16+,20-4+. The average Bonchev–Trinajstić information content (AvgIpc) is 3.35. The van der Waals surface area contributed by atoms with E-state index in [0.717, 1.165) is 60.8 Å². The molecule has 0 N–H and O–H groups in total. The van der Waals surface area contributed by atoms with Crippen LogP contribution >= 0.6 is 11.6 Å². The lowest BCUT2D eigenvalue weighted by molar-refractivity contribution is 0.239. The monoisotopic (exact) mass is 472 g/mol. The maximum Gasteiger partial charge on any atom is 0.294 e. The van der Waals surface area contributed by atoms with Crippen molar-refractivity contribution in [1.29, 1.82) is 0 Å². The zero-order valence-electron chi connectivity index (χ0n) is 18.5. The third kappa shape index (κ3) is 4.73. The van der Waals surface area contributed by atoms with Gasteiger partial charge >= 0.3 is 0 Å². The third-order valence-electron chi connectivity index (χ3n) is 6.90. The van der Waals surface area contributed by atoms with Gasteiger partial charge in [0.1, 0.15) is 5.83 Å². The van der Waals surface area contributed by atoms with Crippen molar-refractivity contribution in [3.05, 3.63) is 63.5 Å². The van der Waals surface area contributed by atoms with Gasteiger partial charge in [0, 0.05) is 15.7 Å². The highest BCUT2D eigenvalue weighted by molar-refractivity contribution is 8.03. The second kappa shape index (κ2) is 9.66. The second-order valence-electron chi connectivity index (χ2n) is 8.77. The summed E-state index contributed by atoms with van der Waals surface area (Å²) in [6.07, 6.45) is 10.8. The number of thiol groups is 1. The molecule has 3 rings (SSSR count). The Bertz CT molecular complexity index is 967. The lowest BCUT2D eigenvalue weighted by atomic mass is 9.79. The Hall–Kier alpha value is -1.33. The van der Waals surface area contributed by atoms with Crippen LogP contribution in [0, 0.1) is 0 Å². The summed E-state index contributed by atoms with van der Waals surface area (Å²) in [5, 5.41) is 0.545. The molecule has 0 unspecified atom stereocenters. The van der Waals surface area contributed by atoms with Crippen LogP contribution in [0.2, 0.25) is 0 Å². The predicted molar refractivity (Wildman–Crippen MR) is 126 cm³/mol. The topological polar surface area (TPSA) is 17.1 Å². The van der Waals surface area contributed by atoms with Gasteiger partial charge in [0.15, 0.2) is 0 Å². The zero-order chi connectivity index (χ0) is 22.8. The van der Waals surface area contributed by atoms with Crippen molar-refractivity contribution in [3.63, 3.8) is 0 Å². The summed E-state index contributed by atoms with van der Waals surface area (Å²) in [7, 11) is -3.80. The molecule has 1 aromatic carbocycles. The number of alkyl halides is 2. The van der Waals surface area contributed by atoms with Crippen molar-refractivity contribution in [1.82, 2.24) is 0 Å². The quantitative estimate of drug-likeness (QED) is 0.320. The largest absolute Gasteiger partial charge is 0.294 e. The molecular formula is C25H32ClF3OS. The normalized spacial score (nSPS) is 20.1. The molecule has 2 aliphatic rings. The first-order valence-corrected chi connectivity index (χ1v) is 13.4. The van der Waals surface area contributed by atoms with Crippen molar-refractivity contribution in [2.75, 3.05) is 5.75 Å². The first-order valence-electron chi connectivity index (χ1n) is 11.1. The van der Waals surface area contributed by atoms with Gasteiger partial charge in [0.05, 0.1) is 0 Å². The summed E-state index contributed by atoms with van der Waals surface area (Å²) >= 11 is 6.08. The van der Waals surface area contributed by atoms with E-state index in [1.165, 1.54) is 12.2 Å². The van der Waals surface area contributed by atoms with E-state index in [-0.39, 0.29) is 17.0 Å². The molecule has 31 heavy (non-hydrogen) atoms. The SMILES string of the molecule is C\C=C(F)/C=C(\C=C(/C)Cl)Cc1ccc([SH](=O)(CC)C(F)F)c2c1CCC21CCCC1. The highest BCUT2D eigenvalue weighted by Crippen LogP contribution is 2.54. The molecule has 0 aliphatic heterocycles. The Balaban J connectivity index is 2.18. The molecule has 0 amide bonds. The number of halogens is 4. The molecular weight excluding hydrogens is 441 g/mol. The van der Waals surface area contributed by atoms with Crippen LogP contribution in [0.25, 0.3) is 0 Å². The van der Waals surface area contributed by atoms with Crippen molar-refractivity contribution < 1.29 is 17.4 Å². The zero-order valence-corrected chi connectivity index (χ0v) is 20.1. The van der Waals surface area contributed by atoms with E-state index >= 15 is 0 Å². The van der Waals surface area contributed by atoms with Gasteiger partial charge in [0.2, 0.25) is 0 Å². The van der Waals surface area contributed by atoms with E-state index in [1.54, 1.807) is 32.9 Å². The average molecular weight is 473 g/mol. The molecule has 1 fully saturated rings. The van der Waals surface area contributed by atoms with Gasteiger partial charge in [-0.15, -0.1) is 0 Å². The van der Waals surface area contributed by atoms with E-state index < -0.39 is 15.7 Å². The molecule has 2 aliphatic carbocycles. The molecule has 0 atom stereocenters. The molecule has 172 valence electrons. The second-order valence-corrected chi connectivity index (χ2v) is 12.5. The molecule has 1 aromatic rings. The van der Waals surface area contributed by atoms with Crippen LogP contribution in [0.15, 0.2) is 51.7 Å². The van der Waals surface area contributed by atoms with Crippen LogP contribution in [0.1, 0.15) is 69.6 Å². The molecule has 1 spiro atoms. The van der Waals surface area contributed by atoms with Gasteiger partial charge in [0.25, 0.3) is 5.76 Å². The summed E-state index contributed by atoms with van der Waals surface area (Å²) in [4.78, 5) is 0.386. The molecule has 1 nitrogen and oxygen atoms in total. The van der Waals surface area contributed by atoms with Crippen LogP contribution in [0.5, 0.6) is 0 Å². The highest BCUT2D eigenvalue weighted by atomic mass is 35.5. The number of fused-ring (bicyclic) bond motifs is 2. The fraction of sp³-hybridized carbons (Fsp3) is 0.520. The molecule has 1 saturated carbocycles. The van der Waals surface area contributed by atoms with Gasteiger partial charge in [-0.25, -0.2) is 4.39 Å². The van der Waals surface area contributed by atoms with E-state index in [2.05, 4.69) is 0 Å². The lowest BCUT2D eigenvalue weighted by Crippen LogP contribution is -2.29. The highest BCUT2D eigenvalue weighted by Gasteiger charge is 2.46. The minimum Gasteiger partial charge on any atom is -0.275 e. The first-order chi connectivity index (χ1) is 14.7. The molecule has 0 heterocycles. The van der Waals surface area contributed by atoms with Crippen LogP contribution in [0.4, 0.5) is 13.2 Å². The molecule has 0 saturated heterocycles. The van der Waals surface area contributed by atoms with Crippen LogP contribution < -0.4 is 0 Å². The summed E-state index contributed by atoms with van der Waals surface area (Å²) in [6.45, 7) is 4.96. The number of benzene rings is 1. The van der Waals surface area contributed by atoms with Crippen LogP contribution in [0.3, 0.4) is 0 Å². The maximum atomic E-state index is 14.0.